The van der Waals surface area contributed by atoms with Gasteiger partial charge in [-0.25, -0.2) is 0 Å². The molecule has 0 fully saturated rings. The summed E-state index contributed by atoms with van der Waals surface area (Å²) in [5.41, 5.74) is 1.76. The highest BCUT2D eigenvalue weighted by Gasteiger charge is 2.09. The number of hydrogen-bond donors (Lipinski definition) is 0. The van der Waals surface area contributed by atoms with Gasteiger partial charge in [0.1, 0.15) is 5.88 Å². The summed E-state index contributed by atoms with van der Waals surface area (Å²) in [6, 6.07) is 10.9. The average Bonchev–Trinajstić information content (AvgIpc) is 2.54. The number of ether oxygens (including phenoxy) is 2. The van der Waals surface area contributed by atoms with Crippen molar-refractivity contribution in [2.45, 2.75) is 0 Å². The van der Waals surface area contributed by atoms with Gasteiger partial charge < -0.3 is 9.47 Å². The Morgan fingerprint density at radius 1 is 1.24 bits per heavy atom. The quantitative estimate of drug-likeness (QED) is 0.482. The molecular weight excluding hydrogens is 290 g/mol. The topological polar surface area (TPSA) is 48.4 Å². The molecule has 0 unspecified atom stereocenters. The van der Waals surface area contributed by atoms with E-state index in [0.29, 0.717) is 11.5 Å². The van der Waals surface area contributed by atoms with Crippen molar-refractivity contribution in [2.24, 2.45) is 0 Å². The zero-order chi connectivity index (χ0) is 15.1. The molecular formula is C16H14ClNO3. The van der Waals surface area contributed by atoms with Gasteiger partial charge in [-0.15, -0.1) is 11.6 Å². The molecule has 5 heteroatoms. The highest BCUT2D eigenvalue weighted by molar-refractivity contribution is 6.26. The highest BCUT2D eigenvalue weighted by atomic mass is 35.5. The second-order valence-electron chi connectivity index (χ2n) is 4.11. The van der Waals surface area contributed by atoms with Crippen LogP contribution in [0.15, 0.2) is 42.6 Å². The van der Waals surface area contributed by atoms with E-state index < -0.39 is 5.97 Å². The minimum Gasteiger partial charge on any atom is -0.493 e. The Labute approximate surface area is 128 Å². The van der Waals surface area contributed by atoms with E-state index in [9.17, 15) is 4.79 Å². The van der Waals surface area contributed by atoms with E-state index in [1.54, 1.807) is 18.3 Å². The average molecular weight is 304 g/mol. The lowest BCUT2D eigenvalue weighted by atomic mass is 10.1. The van der Waals surface area contributed by atoms with Gasteiger partial charge in [-0.1, -0.05) is 18.2 Å². The van der Waals surface area contributed by atoms with Crippen molar-refractivity contribution < 1.29 is 14.3 Å². The Morgan fingerprint density at radius 3 is 2.76 bits per heavy atom. The lowest BCUT2D eigenvalue weighted by molar-refractivity contribution is -0.131. The third-order valence-electron chi connectivity index (χ3n) is 2.65. The molecule has 4 nitrogen and oxygen atoms in total. The van der Waals surface area contributed by atoms with Crippen LogP contribution >= 0.6 is 11.6 Å². The Balaban J connectivity index is 2.19. The summed E-state index contributed by atoms with van der Waals surface area (Å²) in [7, 11) is 1.51. The van der Waals surface area contributed by atoms with E-state index in [2.05, 4.69) is 4.98 Å². The van der Waals surface area contributed by atoms with Crippen LogP contribution in [0.1, 0.15) is 11.3 Å². The Kier molecular flexibility index (Phi) is 5.35. The highest BCUT2D eigenvalue weighted by Crippen LogP contribution is 2.29. The molecule has 108 valence electrons. The van der Waals surface area contributed by atoms with E-state index in [4.69, 9.17) is 21.1 Å². The number of aromatic nitrogens is 1. The summed E-state index contributed by atoms with van der Waals surface area (Å²) < 4.78 is 10.3. The lowest BCUT2D eigenvalue weighted by Gasteiger charge is -2.08. The van der Waals surface area contributed by atoms with Crippen LogP contribution in [0.5, 0.6) is 11.5 Å². The van der Waals surface area contributed by atoms with E-state index in [1.807, 2.05) is 36.4 Å². The predicted octanol–water partition coefficient (Wildman–Crippen LogP) is 3.40. The summed E-state index contributed by atoms with van der Waals surface area (Å²) in [4.78, 5) is 15.4. The minimum absolute atomic E-state index is 0.204. The molecule has 0 N–H and O–H groups in total. The van der Waals surface area contributed by atoms with Crippen LogP contribution in [-0.4, -0.2) is 23.9 Å². The molecule has 0 radical (unpaired) electrons. The normalized spacial score (nSPS) is 10.6. The predicted molar refractivity (Wildman–Crippen MR) is 82.5 cm³/mol. The maximum Gasteiger partial charge on any atom is 0.326 e. The van der Waals surface area contributed by atoms with E-state index in [0.717, 1.165) is 11.3 Å². The Hall–Kier alpha value is -2.33. The number of methoxy groups -OCH3 is 1. The monoisotopic (exact) mass is 303 g/mol. The fourth-order valence-electron chi connectivity index (χ4n) is 1.68. The zero-order valence-corrected chi connectivity index (χ0v) is 12.2. The molecule has 1 aromatic carbocycles. The summed E-state index contributed by atoms with van der Waals surface area (Å²) in [5, 5.41) is 0. The fraction of sp³-hybridized carbons (Fsp3) is 0.125. The Morgan fingerprint density at radius 2 is 2.10 bits per heavy atom. The third-order valence-corrected chi connectivity index (χ3v) is 2.87. The maximum atomic E-state index is 11.2. The molecule has 0 saturated heterocycles. The van der Waals surface area contributed by atoms with Gasteiger partial charge in [0.05, 0.1) is 12.8 Å². The van der Waals surface area contributed by atoms with Crippen LogP contribution in [0, 0.1) is 0 Å². The van der Waals surface area contributed by atoms with Gasteiger partial charge in [0.25, 0.3) is 0 Å². The van der Waals surface area contributed by atoms with Gasteiger partial charge in [0.15, 0.2) is 11.5 Å². The molecule has 0 bridgehead atoms. The van der Waals surface area contributed by atoms with Crippen molar-refractivity contribution in [2.75, 3.05) is 13.0 Å². The standard InChI is InChI=1S/C16H14ClNO3/c1-20-15-10-12(5-7-13-4-2-3-9-18-13)6-8-14(15)21-16(19)11-17/h2-10H,11H2,1H3/b7-5+. The first kappa shape index (κ1) is 15.1. The smallest absolute Gasteiger partial charge is 0.326 e. The van der Waals surface area contributed by atoms with Crippen LogP contribution in [-0.2, 0) is 4.79 Å². The fourth-order valence-corrected chi connectivity index (χ4v) is 1.73. The van der Waals surface area contributed by atoms with E-state index in [-0.39, 0.29) is 5.88 Å². The molecule has 0 aliphatic heterocycles. The molecule has 2 rings (SSSR count). The number of carbonyl (C=O) groups is 1. The van der Waals surface area contributed by atoms with Crippen molar-refractivity contribution in [3.05, 3.63) is 53.9 Å². The Bertz CT molecular complexity index is 641. The van der Waals surface area contributed by atoms with Gasteiger partial charge in [0.2, 0.25) is 0 Å². The van der Waals surface area contributed by atoms with Gasteiger partial charge in [-0.2, -0.15) is 0 Å². The second kappa shape index (κ2) is 7.45. The van der Waals surface area contributed by atoms with Crippen LogP contribution in [0.25, 0.3) is 12.2 Å². The van der Waals surface area contributed by atoms with Gasteiger partial charge in [-0.3, -0.25) is 9.78 Å². The van der Waals surface area contributed by atoms with Crippen molar-refractivity contribution in [3.63, 3.8) is 0 Å². The van der Waals surface area contributed by atoms with Crippen molar-refractivity contribution in [3.8, 4) is 11.5 Å². The van der Waals surface area contributed by atoms with Crippen LogP contribution in [0.3, 0.4) is 0 Å². The number of carbonyl (C=O) groups excluding carboxylic acids is 1. The maximum absolute atomic E-state index is 11.2. The number of pyridine rings is 1. The SMILES string of the molecule is COc1cc(/C=C/c2ccccn2)ccc1OC(=O)CCl. The van der Waals surface area contributed by atoms with E-state index in [1.165, 1.54) is 7.11 Å². The van der Waals surface area contributed by atoms with Gasteiger partial charge in [-0.05, 0) is 35.9 Å². The molecule has 2 aromatic rings. The van der Waals surface area contributed by atoms with Crippen molar-refractivity contribution in [1.29, 1.82) is 0 Å². The summed E-state index contributed by atoms with van der Waals surface area (Å²) >= 11 is 5.41. The van der Waals surface area contributed by atoms with E-state index >= 15 is 0 Å². The number of benzene rings is 1. The second-order valence-corrected chi connectivity index (χ2v) is 4.37. The number of halogens is 1. The summed E-state index contributed by atoms with van der Waals surface area (Å²) in [5.74, 6) is 0.0892. The summed E-state index contributed by atoms with van der Waals surface area (Å²) in [6.07, 6.45) is 5.52. The van der Waals surface area contributed by atoms with Gasteiger partial charge >= 0.3 is 5.97 Å². The molecule has 0 atom stereocenters. The van der Waals surface area contributed by atoms with Crippen LogP contribution in [0.4, 0.5) is 0 Å². The zero-order valence-electron chi connectivity index (χ0n) is 11.5. The molecule has 0 aliphatic carbocycles. The first-order chi connectivity index (χ1) is 10.2. The van der Waals surface area contributed by atoms with Crippen molar-refractivity contribution in [1.82, 2.24) is 4.98 Å². The number of esters is 1. The lowest BCUT2D eigenvalue weighted by Crippen LogP contribution is -2.09. The van der Waals surface area contributed by atoms with Crippen LogP contribution in [0.2, 0.25) is 0 Å². The molecule has 21 heavy (non-hydrogen) atoms. The molecule has 0 aliphatic rings. The minimum atomic E-state index is -0.522. The molecule has 1 heterocycles. The number of nitrogens with zero attached hydrogens (tertiary/aromatic N) is 1. The number of rotatable bonds is 5. The largest absolute Gasteiger partial charge is 0.493 e. The summed E-state index contributed by atoms with van der Waals surface area (Å²) in [6.45, 7) is 0. The first-order valence-corrected chi connectivity index (χ1v) is 6.80. The first-order valence-electron chi connectivity index (χ1n) is 6.26. The molecule has 0 amide bonds. The van der Waals surface area contributed by atoms with Crippen LogP contribution < -0.4 is 9.47 Å². The third kappa shape index (κ3) is 4.33. The van der Waals surface area contributed by atoms with Crippen molar-refractivity contribution >= 4 is 29.7 Å². The molecule has 1 aromatic heterocycles. The van der Waals surface area contributed by atoms with Gasteiger partial charge in [0, 0.05) is 6.20 Å². The molecule has 0 spiro atoms. The number of hydrogen-bond acceptors (Lipinski definition) is 4. The molecule has 0 saturated carbocycles. The number of alkyl halides is 1.